The molecule has 1 fully saturated rings. The Morgan fingerprint density at radius 3 is 2.37 bits per heavy atom. The van der Waals surface area contributed by atoms with Gasteiger partial charge in [0.05, 0.1) is 26.4 Å². The third-order valence-corrected chi connectivity index (χ3v) is 7.12. The highest BCUT2D eigenvalue weighted by atomic mass is 16.5. The van der Waals surface area contributed by atoms with E-state index in [9.17, 15) is 14.7 Å². The van der Waals surface area contributed by atoms with Gasteiger partial charge in [0.25, 0.3) is 5.91 Å². The van der Waals surface area contributed by atoms with E-state index in [0.717, 1.165) is 23.2 Å². The first-order valence-corrected chi connectivity index (χ1v) is 14.0. The summed E-state index contributed by atoms with van der Waals surface area (Å²) in [6, 6.07) is 20.3. The topological polar surface area (TPSA) is 112 Å². The van der Waals surface area contributed by atoms with E-state index in [4.69, 9.17) is 9.47 Å². The number of amides is 2. The first-order valence-electron chi connectivity index (χ1n) is 14.0. The molecule has 0 spiro atoms. The number of hydrogen-bond donors (Lipinski definition) is 4. The van der Waals surface area contributed by atoms with E-state index in [1.54, 1.807) is 37.3 Å². The third kappa shape index (κ3) is 8.22. The summed E-state index contributed by atoms with van der Waals surface area (Å²) in [5, 5.41) is 20.9. The molecule has 0 aliphatic carbocycles. The summed E-state index contributed by atoms with van der Waals surface area (Å²) in [6.45, 7) is 4.03. The lowest BCUT2D eigenvalue weighted by molar-refractivity contribution is -0.117. The van der Waals surface area contributed by atoms with Crippen LogP contribution in [0.4, 0.5) is 11.4 Å². The van der Waals surface area contributed by atoms with E-state index in [-0.39, 0.29) is 18.4 Å². The molecule has 0 saturated carbocycles. The lowest BCUT2D eigenvalue weighted by Crippen LogP contribution is -2.48. The van der Waals surface area contributed by atoms with Crippen LogP contribution in [0.15, 0.2) is 66.7 Å². The van der Waals surface area contributed by atoms with Crippen LogP contribution in [0.25, 0.3) is 0 Å². The molecule has 3 aromatic carbocycles. The van der Waals surface area contributed by atoms with Crippen LogP contribution < -0.4 is 30.3 Å². The molecule has 41 heavy (non-hydrogen) atoms. The van der Waals surface area contributed by atoms with Crippen LogP contribution in [-0.4, -0.2) is 62.9 Å². The molecule has 9 heteroatoms. The van der Waals surface area contributed by atoms with Gasteiger partial charge in [-0.25, -0.2) is 0 Å². The summed E-state index contributed by atoms with van der Waals surface area (Å²) in [5.41, 5.74) is 3.84. The molecule has 0 aromatic heterocycles. The molecule has 2 amide bonds. The zero-order chi connectivity index (χ0) is 29.2. The number of aliphatic hydroxyl groups is 1. The lowest BCUT2D eigenvalue weighted by atomic mass is 10.00. The number of hydrogen-bond acceptors (Lipinski definition) is 7. The van der Waals surface area contributed by atoms with Gasteiger partial charge in [-0.2, -0.15) is 0 Å². The Labute approximate surface area is 241 Å². The molecule has 0 radical (unpaired) electrons. The van der Waals surface area contributed by atoms with E-state index < -0.39 is 12.1 Å². The van der Waals surface area contributed by atoms with Crippen LogP contribution in [0.2, 0.25) is 0 Å². The third-order valence-electron chi connectivity index (χ3n) is 7.12. The van der Waals surface area contributed by atoms with Gasteiger partial charge in [0.1, 0.15) is 11.5 Å². The zero-order valence-corrected chi connectivity index (χ0v) is 24.0. The maximum atomic E-state index is 13.6. The van der Waals surface area contributed by atoms with Gasteiger partial charge >= 0.3 is 0 Å². The van der Waals surface area contributed by atoms with Crippen molar-refractivity contribution in [1.82, 2.24) is 10.6 Å². The number of carbonyl (C=O) groups is 2. The van der Waals surface area contributed by atoms with Crippen molar-refractivity contribution in [2.45, 2.75) is 44.9 Å². The molecule has 1 aliphatic heterocycles. The summed E-state index contributed by atoms with van der Waals surface area (Å²) < 4.78 is 10.7. The van der Waals surface area contributed by atoms with E-state index in [2.05, 4.69) is 16.0 Å². The van der Waals surface area contributed by atoms with Gasteiger partial charge in [-0.3, -0.25) is 9.59 Å². The Morgan fingerprint density at radius 1 is 1.00 bits per heavy atom. The van der Waals surface area contributed by atoms with Gasteiger partial charge in [-0.1, -0.05) is 30.3 Å². The quantitative estimate of drug-likeness (QED) is 0.238. The molecular weight excluding hydrogens is 520 g/mol. The molecule has 1 aliphatic rings. The van der Waals surface area contributed by atoms with Crippen molar-refractivity contribution in [3.05, 3.63) is 83.4 Å². The van der Waals surface area contributed by atoms with E-state index in [1.165, 1.54) is 0 Å². The SMILES string of the molecule is CCNc1cc(C(=O)N[C@@H](Cc2ccccc2)[C@@H](O)CNCc2cc(OC)cc(OC)c2)cc(N2CCCC2=O)c1. The average molecular weight is 561 g/mol. The minimum Gasteiger partial charge on any atom is -0.497 e. The highest BCUT2D eigenvalue weighted by Gasteiger charge is 2.26. The van der Waals surface area contributed by atoms with Crippen LogP contribution in [0.3, 0.4) is 0 Å². The highest BCUT2D eigenvalue weighted by molar-refractivity contribution is 6.00. The second kappa shape index (κ2) is 14.5. The molecule has 1 heterocycles. The van der Waals surface area contributed by atoms with Gasteiger partial charge < -0.3 is 35.4 Å². The van der Waals surface area contributed by atoms with E-state index in [1.807, 2.05) is 55.5 Å². The molecule has 4 rings (SSSR count). The number of rotatable bonds is 14. The maximum Gasteiger partial charge on any atom is 0.251 e. The average Bonchev–Trinajstić information content (AvgIpc) is 3.42. The largest absolute Gasteiger partial charge is 0.497 e. The predicted octanol–water partition coefficient (Wildman–Crippen LogP) is 3.75. The van der Waals surface area contributed by atoms with Gasteiger partial charge in [0.15, 0.2) is 0 Å². The summed E-state index contributed by atoms with van der Waals surface area (Å²) in [7, 11) is 3.21. The van der Waals surface area contributed by atoms with E-state index >= 15 is 0 Å². The Hall–Kier alpha value is -4.08. The fourth-order valence-electron chi connectivity index (χ4n) is 5.00. The van der Waals surface area contributed by atoms with Crippen LogP contribution in [-0.2, 0) is 17.8 Å². The second-order valence-corrected chi connectivity index (χ2v) is 10.1. The number of benzene rings is 3. The fraction of sp³-hybridized carbons (Fsp3) is 0.375. The summed E-state index contributed by atoms with van der Waals surface area (Å²) >= 11 is 0. The standard InChI is InChI=1S/C32H40N4O5/c1-4-34-25-16-24(17-26(18-25)36-12-8-11-31(36)38)32(39)35-29(15-22-9-6-5-7-10-22)30(37)21-33-20-23-13-27(40-2)19-28(14-23)41-3/h5-7,9-10,13-14,16-19,29-30,33-34,37H,4,8,11-12,15,20-21H2,1-3H3,(H,35,39)/t29-,30-/m0/s1. The first kappa shape index (κ1) is 29.9. The number of carbonyl (C=O) groups excluding carboxylic acids is 2. The van der Waals surface area contributed by atoms with Crippen molar-refractivity contribution in [2.24, 2.45) is 0 Å². The monoisotopic (exact) mass is 560 g/mol. The molecule has 4 N–H and O–H groups in total. The number of aliphatic hydroxyl groups excluding tert-OH is 1. The molecule has 0 unspecified atom stereocenters. The minimum absolute atomic E-state index is 0.0575. The van der Waals surface area contributed by atoms with Crippen LogP contribution in [0.5, 0.6) is 11.5 Å². The van der Waals surface area contributed by atoms with Gasteiger partial charge in [0, 0.05) is 55.6 Å². The Morgan fingerprint density at radius 2 is 1.73 bits per heavy atom. The molecule has 2 atom stereocenters. The number of anilines is 2. The lowest BCUT2D eigenvalue weighted by Gasteiger charge is -2.25. The van der Waals surface area contributed by atoms with Crippen molar-refractivity contribution in [3.8, 4) is 11.5 Å². The normalized spacial score (nSPS) is 14.4. The highest BCUT2D eigenvalue weighted by Crippen LogP contribution is 2.27. The molecule has 1 saturated heterocycles. The second-order valence-electron chi connectivity index (χ2n) is 10.1. The molecule has 9 nitrogen and oxygen atoms in total. The summed E-state index contributed by atoms with van der Waals surface area (Å²) in [5.74, 6) is 1.12. The molecular formula is C32H40N4O5. The zero-order valence-electron chi connectivity index (χ0n) is 24.0. The number of nitrogens with zero attached hydrogens (tertiary/aromatic N) is 1. The van der Waals surface area contributed by atoms with E-state index in [0.29, 0.717) is 55.2 Å². The summed E-state index contributed by atoms with van der Waals surface area (Å²) in [6.07, 6.45) is 0.885. The molecule has 3 aromatic rings. The van der Waals surface area contributed by atoms with Crippen LogP contribution >= 0.6 is 0 Å². The summed E-state index contributed by atoms with van der Waals surface area (Å²) in [4.78, 5) is 27.7. The Balaban J connectivity index is 1.50. The maximum absolute atomic E-state index is 13.6. The Kier molecular flexibility index (Phi) is 10.6. The fourth-order valence-corrected chi connectivity index (χ4v) is 5.00. The molecule has 218 valence electrons. The van der Waals surface area contributed by atoms with Gasteiger partial charge in [0.2, 0.25) is 5.91 Å². The van der Waals surface area contributed by atoms with Crippen molar-refractivity contribution in [2.75, 3.05) is 44.1 Å². The smallest absolute Gasteiger partial charge is 0.251 e. The number of methoxy groups -OCH3 is 2. The number of ether oxygens (including phenoxy) is 2. The van der Waals surface area contributed by atoms with Crippen LogP contribution in [0.1, 0.15) is 41.3 Å². The Bertz CT molecular complexity index is 1290. The van der Waals surface area contributed by atoms with Crippen molar-refractivity contribution in [3.63, 3.8) is 0 Å². The van der Waals surface area contributed by atoms with Crippen molar-refractivity contribution in [1.29, 1.82) is 0 Å². The molecule has 0 bridgehead atoms. The van der Waals surface area contributed by atoms with Crippen molar-refractivity contribution >= 4 is 23.2 Å². The number of nitrogens with one attached hydrogen (secondary N) is 3. The van der Waals surface area contributed by atoms with Gasteiger partial charge in [-0.15, -0.1) is 0 Å². The van der Waals surface area contributed by atoms with Gasteiger partial charge in [-0.05, 0) is 61.2 Å². The van der Waals surface area contributed by atoms with Crippen molar-refractivity contribution < 1.29 is 24.2 Å². The predicted molar refractivity (Wildman–Crippen MR) is 161 cm³/mol. The first-order chi connectivity index (χ1) is 19.9. The van der Waals surface area contributed by atoms with Crippen LogP contribution in [0, 0.1) is 0 Å². The minimum atomic E-state index is -0.872.